The lowest BCUT2D eigenvalue weighted by atomic mass is 10.1. The quantitative estimate of drug-likeness (QED) is 0.417. The third kappa shape index (κ3) is 5.34. The predicted molar refractivity (Wildman–Crippen MR) is 143 cm³/mol. The highest BCUT2D eigenvalue weighted by Gasteiger charge is 2.28. The average Bonchev–Trinajstić information content (AvgIpc) is 3.33. The molecule has 3 heterocycles. The first-order valence-corrected chi connectivity index (χ1v) is 13.5. The lowest BCUT2D eigenvalue weighted by Gasteiger charge is -2.34. The van der Waals surface area contributed by atoms with Crippen molar-refractivity contribution in [1.29, 1.82) is 0 Å². The van der Waals surface area contributed by atoms with E-state index in [-0.39, 0.29) is 18.4 Å². The monoisotopic (exact) mass is 553 g/mol. The summed E-state index contributed by atoms with van der Waals surface area (Å²) in [6.45, 7) is 6.16. The van der Waals surface area contributed by atoms with E-state index in [9.17, 15) is 14.4 Å². The number of amides is 2. The number of thiophene rings is 2. The molecule has 0 atom stereocenters. The number of carbonyl (C=O) groups excluding carboxylic acids is 3. The fourth-order valence-corrected chi connectivity index (χ4v) is 7.11. The number of piperazine rings is 1. The predicted octanol–water partition coefficient (Wildman–Crippen LogP) is 5.32. The minimum absolute atomic E-state index is 0.111. The Morgan fingerprint density at radius 2 is 1.83 bits per heavy atom. The Hall–Kier alpha value is -2.17. The van der Waals surface area contributed by atoms with E-state index >= 15 is 0 Å². The summed E-state index contributed by atoms with van der Waals surface area (Å²) in [5.41, 5.74) is 1.33. The molecule has 0 saturated carbocycles. The molecule has 2 amide bonds. The number of benzene rings is 1. The summed E-state index contributed by atoms with van der Waals surface area (Å²) < 4.78 is 5.80. The molecule has 1 aromatic carbocycles. The van der Waals surface area contributed by atoms with Crippen molar-refractivity contribution in [2.24, 2.45) is 0 Å². The number of fused-ring (bicyclic) bond motifs is 1. The van der Waals surface area contributed by atoms with Gasteiger partial charge in [0.1, 0.15) is 9.88 Å². The molecule has 4 rings (SSSR count). The van der Waals surface area contributed by atoms with Crippen molar-refractivity contribution in [3.05, 3.63) is 49.1 Å². The van der Waals surface area contributed by atoms with Crippen LogP contribution in [0, 0.1) is 6.92 Å². The summed E-state index contributed by atoms with van der Waals surface area (Å²) in [6, 6.07) is 5.40. The smallest absolute Gasteiger partial charge is 0.341 e. The van der Waals surface area contributed by atoms with E-state index in [0.717, 1.165) is 20.5 Å². The number of rotatable bonds is 6. The fourth-order valence-electron chi connectivity index (χ4n) is 4.21. The summed E-state index contributed by atoms with van der Waals surface area (Å²) in [4.78, 5) is 43.4. The molecule has 0 radical (unpaired) electrons. The first kappa shape index (κ1) is 25.9. The normalized spacial score (nSPS) is 14.4. The van der Waals surface area contributed by atoms with Gasteiger partial charge in [-0.25, -0.2) is 4.79 Å². The highest BCUT2D eigenvalue weighted by atomic mass is 35.5. The van der Waals surface area contributed by atoms with E-state index in [1.807, 2.05) is 30.9 Å². The molecule has 1 aliphatic rings. The van der Waals surface area contributed by atoms with Crippen molar-refractivity contribution < 1.29 is 19.1 Å². The average molecular weight is 555 g/mol. The number of methoxy groups -OCH3 is 1. The Morgan fingerprint density at radius 3 is 2.49 bits per heavy atom. The van der Waals surface area contributed by atoms with Crippen LogP contribution in [0.25, 0.3) is 10.1 Å². The van der Waals surface area contributed by atoms with Crippen LogP contribution >= 0.6 is 45.9 Å². The number of anilines is 1. The van der Waals surface area contributed by atoms with Crippen molar-refractivity contribution >= 4 is 78.7 Å². The number of hydrogen-bond acceptors (Lipinski definition) is 7. The number of esters is 1. The zero-order chi connectivity index (χ0) is 25.3. The standard InChI is InChI=1S/C24H25Cl2N3O4S2/c1-4-15-13(2)34-22(19(15)24(32)33-3)27-18(30)12-28-7-9-29(10-8-28)23(31)21-20(26)16-6-5-14(25)11-17(16)35-21/h5-6,11H,4,7-10,12H2,1-3H3,(H,27,30). The number of nitrogens with zero attached hydrogens (tertiary/aromatic N) is 2. The number of halogens is 2. The van der Waals surface area contributed by atoms with Crippen molar-refractivity contribution in [2.45, 2.75) is 20.3 Å². The molecule has 2 aromatic heterocycles. The molecule has 1 fully saturated rings. The SMILES string of the molecule is CCc1c(C)sc(NC(=O)CN2CCN(C(=O)c3sc4cc(Cl)ccc4c3Cl)CC2)c1C(=O)OC. The second-order valence-electron chi connectivity index (χ2n) is 8.19. The minimum Gasteiger partial charge on any atom is -0.465 e. The van der Waals surface area contributed by atoms with E-state index in [1.54, 1.807) is 11.0 Å². The number of aryl methyl sites for hydroxylation is 1. The van der Waals surface area contributed by atoms with Gasteiger partial charge in [0.15, 0.2) is 0 Å². The molecule has 0 bridgehead atoms. The second-order valence-corrected chi connectivity index (χ2v) is 11.3. The maximum absolute atomic E-state index is 13.1. The number of nitrogens with one attached hydrogen (secondary N) is 1. The van der Waals surface area contributed by atoms with Gasteiger partial charge in [0, 0.05) is 46.2 Å². The minimum atomic E-state index is -0.448. The van der Waals surface area contributed by atoms with Crippen molar-refractivity contribution in [3.63, 3.8) is 0 Å². The molecule has 35 heavy (non-hydrogen) atoms. The maximum atomic E-state index is 13.1. The van der Waals surface area contributed by atoms with Crippen LogP contribution in [0.1, 0.15) is 37.4 Å². The Bertz CT molecular complexity index is 1300. The van der Waals surface area contributed by atoms with Crippen LogP contribution in [0.2, 0.25) is 10.0 Å². The van der Waals surface area contributed by atoms with Crippen molar-refractivity contribution in [1.82, 2.24) is 9.80 Å². The lowest BCUT2D eigenvalue weighted by molar-refractivity contribution is -0.117. The van der Waals surface area contributed by atoms with Crippen LogP contribution in [0.4, 0.5) is 5.00 Å². The van der Waals surface area contributed by atoms with Crippen molar-refractivity contribution in [3.8, 4) is 0 Å². The Morgan fingerprint density at radius 1 is 1.11 bits per heavy atom. The van der Waals surface area contributed by atoms with Gasteiger partial charge in [-0.05, 0) is 31.0 Å². The summed E-state index contributed by atoms with van der Waals surface area (Å²) in [5, 5.41) is 5.28. The van der Waals surface area contributed by atoms with Crippen LogP contribution < -0.4 is 5.32 Å². The Labute approximate surface area is 221 Å². The molecule has 7 nitrogen and oxygen atoms in total. The van der Waals surface area contributed by atoms with Gasteiger partial charge in [0.2, 0.25) is 5.91 Å². The van der Waals surface area contributed by atoms with Gasteiger partial charge in [-0.3, -0.25) is 14.5 Å². The summed E-state index contributed by atoms with van der Waals surface area (Å²) in [6.07, 6.45) is 0.676. The molecule has 0 aliphatic carbocycles. The first-order chi connectivity index (χ1) is 16.7. The van der Waals surface area contributed by atoms with Crippen LogP contribution in [0.3, 0.4) is 0 Å². The van der Waals surface area contributed by atoms with Crippen LogP contribution in [0.5, 0.6) is 0 Å². The molecule has 3 aromatic rings. The molecular formula is C24H25Cl2N3O4S2. The summed E-state index contributed by atoms with van der Waals surface area (Å²) in [5.74, 6) is -0.764. The number of hydrogen-bond donors (Lipinski definition) is 1. The fraction of sp³-hybridized carbons (Fsp3) is 0.375. The van der Waals surface area contributed by atoms with Gasteiger partial charge in [0.05, 0.1) is 24.2 Å². The van der Waals surface area contributed by atoms with E-state index in [2.05, 4.69) is 5.32 Å². The number of carbonyl (C=O) groups is 3. The third-order valence-corrected chi connectivity index (χ3v) is 8.96. The molecule has 1 saturated heterocycles. The molecule has 0 spiro atoms. The molecular weight excluding hydrogens is 529 g/mol. The Balaban J connectivity index is 1.37. The summed E-state index contributed by atoms with van der Waals surface area (Å²) in [7, 11) is 1.34. The van der Waals surface area contributed by atoms with Gasteiger partial charge in [-0.1, -0.05) is 36.2 Å². The van der Waals surface area contributed by atoms with Crippen LogP contribution in [-0.4, -0.2) is 67.4 Å². The highest BCUT2D eigenvalue weighted by Crippen LogP contribution is 2.37. The highest BCUT2D eigenvalue weighted by molar-refractivity contribution is 7.21. The van der Waals surface area contributed by atoms with E-state index in [0.29, 0.717) is 58.1 Å². The molecule has 0 unspecified atom stereocenters. The van der Waals surface area contributed by atoms with Gasteiger partial charge in [0.25, 0.3) is 5.91 Å². The van der Waals surface area contributed by atoms with E-state index in [4.69, 9.17) is 27.9 Å². The lowest BCUT2D eigenvalue weighted by Crippen LogP contribution is -2.50. The van der Waals surface area contributed by atoms with E-state index in [1.165, 1.54) is 29.8 Å². The maximum Gasteiger partial charge on any atom is 0.341 e. The van der Waals surface area contributed by atoms with Crippen LogP contribution in [-0.2, 0) is 16.0 Å². The largest absolute Gasteiger partial charge is 0.465 e. The molecule has 1 aliphatic heterocycles. The van der Waals surface area contributed by atoms with E-state index < -0.39 is 5.97 Å². The Kier molecular flexibility index (Phi) is 8.02. The zero-order valence-corrected chi connectivity index (χ0v) is 22.7. The molecule has 1 N–H and O–H groups in total. The van der Waals surface area contributed by atoms with Gasteiger partial charge in [-0.2, -0.15) is 0 Å². The van der Waals surface area contributed by atoms with Crippen LogP contribution in [0.15, 0.2) is 18.2 Å². The van der Waals surface area contributed by atoms with Gasteiger partial charge < -0.3 is 15.0 Å². The second kappa shape index (κ2) is 10.8. The van der Waals surface area contributed by atoms with Gasteiger partial charge in [-0.15, -0.1) is 22.7 Å². The summed E-state index contributed by atoms with van der Waals surface area (Å²) >= 11 is 15.3. The first-order valence-electron chi connectivity index (χ1n) is 11.1. The zero-order valence-electron chi connectivity index (χ0n) is 19.6. The van der Waals surface area contributed by atoms with Gasteiger partial charge >= 0.3 is 5.97 Å². The van der Waals surface area contributed by atoms with Crippen molar-refractivity contribution in [2.75, 3.05) is 45.2 Å². The topological polar surface area (TPSA) is 79.0 Å². The third-order valence-electron chi connectivity index (χ3n) is 6.02. The number of ether oxygens (including phenoxy) is 1. The molecule has 11 heteroatoms. The molecule has 186 valence electrons.